The Bertz CT molecular complexity index is 954. The normalized spacial score (nSPS) is 26.0. The Morgan fingerprint density at radius 3 is 1.87 bits per heavy atom. The van der Waals surface area contributed by atoms with Crippen LogP contribution in [0.1, 0.15) is 41.5 Å². The summed E-state index contributed by atoms with van der Waals surface area (Å²) in [6, 6.07) is -1.75. The maximum absolute atomic E-state index is 16.0. The molecule has 1 aliphatic heterocycles. The van der Waals surface area contributed by atoms with Gasteiger partial charge in [-0.15, -0.1) is 0 Å². The van der Waals surface area contributed by atoms with E-state index in [2.05, 4.69) is 10.1 Å². The Morgan fingerprint density at radius 1 is 0.868 bits per heavy atom. The van der Waals surface area contributed by atoms with Gasteiger partial charge in [0.25, 0.3) is 0 Å². The molecule has 0 radical (unpaired) electrons. The molecule has 0 aromatic rings. The number of halogens is 1. The predicted octanol–water partition coefficient (Wildman–Crippen LogP) is -0.981. The highest BCUT2D eigenvalue weighted by molar-refractivity contribution is 5.83. The summed E-state index contributed by atoms with van der Waals surface area (Å²) in [4.78, 5) is 84.0. The summed E-state index contributed by atoms with van der Waals surface area (Å²) in [5.41, 5.74) is 0. The Balaban J connectivity index is 3.93. The standard InChI is InChI=1S/C22H30FNO14/c1-9(25)24-16-18(17(35-12(4)28)15(34-11(3)27)8-33-10(2)26)38-22(21(31)32-7,37-14(6)30)20(23)19(16)36-13(5)29/h15-20H,8H2,1-7H3,(H,24,25)/t15-,16+,17-,18-,19-,20-,22?/m1/s1. The van der Waals surface area contributed by atoms with Crippen molar-refractivity contribution in [2.45, 2.75) is 84.0 Å². The molecule has 0 saturated carbocycles. The van der Waals surface area contributed by atoms with Crippen molar-refractivity contribution in [2.75, 3.05) is 13.7 Å². The minimum atomic E-state index is -3.25. The van der Waals surface area contributed by atoms with Crippen LogP contribution in [0.15, 0.2) is 0 Å². The lowest BCUT2D eigenvalue weighted by atomic mass is 9.86. The molecule has 0 spiro atoms. The van der Waals surface area contributed by atoms with E-state index in [-0.39, 0.29) is 0 Å². The predicted molar refractivity (Wildman–Crippen MR) is 117 cm³/mol. The molecule has 0 aromatic carbocycles. The monoisotopic (exact) mass is 551 g/mol. The molecule has 1 saturated heterocycles. The zero-order valence-corrected chi connectivity index (χ0v) is 21.8. The van der Waals surface area contributed by atoms with Crippen LogP contribution in [0.25, 0.3) is 0 Å². The molecule has 1 unspecified atom stereocenters. The first kappa shape index (κ1) is 32.2. The molecular formula is C22H30FNO14. The van der Waals surface area contributed by atoms with Gasteiger partial charge in [0, 0.05) is 41.5 Å². The Hall–Kier alpha value is -3.82. The van der Waals surface area contributed by atoms with Crippen molar-refractivity contribution in [3.63, 3.8) is 0 Å². The van der Waals surface area contributed by atoms with Crippen LogP contribution in [0.4, 0.5) is 4.39 Å². The molecule has 7 atom stereocenters. The zero-order chi connectivity index (χ0) is 29.4. The third-order valence-electron chi connectivity index (χ3n) is 4.87. The summed E-state index contributed by atoms with van der Waals surface area (Å²) < 4.78 is 51.4. The fourth-order valence-corrected chi connectivity index (χ4v) is 3.71. The van der Waals surface area contributed by atoms with Crippen LogP contribution in [-0.2, 0) is 66.7 Å². The van der Waals surface area contributed by atoms with Gasteiger partial charge in [0.05, 0.1) is 13.2 Å². The van der Waals surface area contributed by atoms with Gasteiger partial charge in [-0.25, -0.2) is 9.18 Å². The average Bonchev–Trinajstić information content (AvgIpc) is 2.77. The average molecular weight is 551 g/mol. The van der Waals surface area contributed by atoms with Gasteiger partial charge in [-0.2, -0.15) is 0 Å². The van der Waals surface area contributed by atoms with Crippen LogP contribution in [0, 0.1) is 0 Å². The first-order chi connectivity index (χ1) is 17.5. The van der Waals surface area contributed by atoms with Crippen LogP contribution in [0.3, 0.4) is 0 Å². The highest BCUT2D eigenvalue weighted by atomic mass is 19.1. The van der Waals surface area contributed by atoms with Gasteiger partial charge in [0.2, 0.25) is 12.1 Å². The molecule has 16 heteroatoms. The molecule has 214 valence electrons. The molecule has 0 aromatic heterocycles. The number of carbonyl (C=O) groups is 7. The van der Waals surface area contributed by atoms with Crippen LogP contribution < -0.4 is 5.32 Å². The molecule has 1 rings (SSSR count). The highest BCUT2D eigenvalue weighted by Gasteiger charge is 2.67. The summed E-state index contributed by atoms with van der Waals surface area (Å²) >= 11 is 0. The van der Waals surface area contributed by atoms with Crippen molar-refractivity contribution in [3.8, 4) is 0 Å². The molecule has 1 N–H and O–H groups in total. The maximum atomic E-state index is 16.0. The van der Waals surface area contributed by atoms with Gasteiger partial charge in [-0.05, 0) is 0 Å². The molecular weight excluding hydrogens is 521 g/mol. The van der Waals surface area contributed by atoms with Gasteiger partial charge in [-0.1, -0.05) is 0 Å². The number of nitrogens with one attached hydrogen (secondary N) is 1. The summed E-state index contributed by atoms with van der Waals surface area (Å²) in [6.45, 7) is 4.89. The Morgan fingerprint density at radius 2 is 1.45 bits per heavy atom. The summed E-state index contributed by atoms with van der Waals surface area (Å²) in [7, 11) is 0.811. The quantitative estimate of drug-likeness (QED) is 0.257. The summed E-state index contributed by atoms with van der Waals surface area (Å²) in [5.74, 6) is -10.8. The number of amides is 1. The van der Waals surface area contributed by atoms with Crippen LogP contribution in [0.5, 0.6) is 0 Å². The highest BCUT2D eigenvalue weighted by Crippen LogP contribution is 2.39. The second-order valence-corrected chi connectivity index (χ2v) is 8.06. The fourth-order valence-electron chi connectivity index (χ4n) is 3.71. The van der Waals surface area contributed by atoms with Gasteiger partial charge in [0.1, 0.15) is 12.7 Å². The Kier molecular flexibility index (Phi) is 11.6. The topological polar surface area (TPSA) is 196 Å². The lowest BCUT2D eigenvalue weighted by Gasteiger charge is -2.49. The lowest BCUT2D eigenvalue weighted by molar-refractivity contribution is -0.326. The molecule has 15 nitrogen and oxygen atoms in total. The number of methoxy groups -OCH3 is 1. The smallest absolute Gasteiger partial charge is 0.383 e. The first-order valence-electron chi connectivity index (χ1n) is 11.1. The van der Waals surface area contributed by atoms with Crippen LogP contribution in [0.2, 0.25) is 0 Å². The minimum absolute atomic E-state index is 0.740. The van der Waals surface area contributed by atoms with Crippen molar-refractivity contribution in [2.24, 2.45) is 0 Å². The molecule has 1 heterocycles. The zero-order valence-electron chi connectivity index (χ0n) is 21.8. The van der Waals surface area contributed by atoms with Crippen LogP contribution in [-0.4, -0.2) is 97.9 Å². The van der Waals surface area contributed by atoms with Crippen LogP contribution >= 0.6 is 0 Å². The maximum Gasteiger partial charge on any atom is 0.383 e. The van der Waals surface area contributed by atoms with Gasteiger partial charge in [0.15, 0.2) is 18.3 Å². The van der Waals surface area contributed by atoms with E-state index in [0.717, 1.165) is 48.7 Å². The van der Waals surface area contributed by atoms with Crippen molar-refractivity contribution in [1.29, 1.82) is 0 Å². The molecule has 0 bridgehead atoms. The molecule has 1 fully saturated rings. The third-order valence-corrected chi connectivity index (χ3v) is 4.87. The van der Waals surface area contributed by atoms with E-state index >= 15 is 4.39 Å². The lowest BCUT2D eigenvalue weighted by Crippen LogP contribution is -2.74. The van der Waals surface area contributed by atoms with E-state index in [0.29, 0.717) is 0 Å². The largest absolute Gasteiger partial charge is 0.464 e. The molecule has 1 aliphatic rings. The van der Waals surface area contributed by atoms with Crippen molar-refractivity contribution in [1.82, 2.24) is 5.32 Å². The number of hydrogen-bond donors (Lipinski definition) is 1. The van der Waals surface area contributed by atoms with Gasteiger partial charge >= 0.3 is 41.6 Å². The first-order valence-corrected chi connectivity index (χ1v) is 11.1. The van der Waals surface area contributed by atoms with Gasteiger partial charge in [-0.3, -0.25) is 28.8 Å². The van der Waals surface area contributed by atoms with E-state index in [1.54, 1.807) is 0 Å². The van der Waals surface area contributed by atoms with Crippen molar-refractivity contribution >= 4 is 41.7 Å². The number of carbonyl (C=O) groups excluding carboxylic acids is 7. The van der Waals surface area contributed by atoms with E-state index in [9.17, 15) is 33.6 Å². The number of rotatable bonds is 10. The number of hydrogen-bond acceptors (Lipinski definition) is 14. The Labute approximate surface area is 216 Å². The van der Waals surface area contributed by atoms with Gasteiger partial charge < -0.3 is 38.5 Å². The number of alkyl halides is 1. The van der Waals surface area contributed by atoms with E-state index < -0.39 is 90.7 Å². The number of esters is 6. The number of ether oxygens (including phenoxy) is 7. The summed E-state index contributed by atoms with van der Waals surface area (Å²) in [6.07, 6.45) is -10.4. The SMILES string of the molecule is COC(=O)C1(OC(C)=O)O[C@@H]([C@H](OC(C)=O)[C@@H](COC(C)=O)OC(C)=O)[C@H](NC(C)=O)[C@@H](OC(C)=O)[C@H]1F. The molecule has 38 heavy (non-hydrogen) atoms. The van der Waals surface area contributed by atoms with E-state index in [4.69, 9.17) is 28.4 Å². The fraction of sp³-hybridized carbons (Fsp3) is 0.682. The second kappa shape index (κ2) is 13.6. The van der Waals surface area contributed by atoms with E-state index in [1.807, 2.05) is 0 Å². The second-order valence-electron chi connectivity index (χ2n) is 8.06. The molecule has 1 amide bonds. The summed E-state index contributed by atoms with van der Waals surface area (Å²) in [5, 5.41) is 2.28. The van der Waals surface area contributed by atoms with Crippen molar-refractivity contribution < 1.29 is 71.1 Å². The minimum Gasteiger partial charge on any atom is -0.464 e. The van der Waals surface area contributed by atoms with Crippen molar-refractivity contribution in [3.05, 3.63) is 0 Å². The third kappa shape index (κ3) is 8.36. The molecule has 0 aliphatic carbocycles. The van der Waals surface area contributed by atoms with E-state index in [1.165, 1.54) is 0 Å².